The number of pyridine rings is 1. The number of unbranched alkanes of at least 4 members (excludes halogenated alkanes) is 3. The van der Waals surface area contributed by atoms with Crippen LogP contribution in [-0.4, -0.2) is 92.4 Å². The number of aromatic nitrogens is 1. The van der Waals surface area contributed by atoms with E-state index in [-0.39, 0.29) is 17.5 Å². The molecule has 1 aliphatic rings. The molecule has 1 aromatic heterocycles. The molecule has 14 heteroatoms. The largest absolute Gasteiger partial charge is 0.480 e. The Morgan fingerprint density at radius 3 is 2.49 bits per heavy atom. The standard InChI is InChI=1S/C31H45N5O8S/c1-5-6-7-10-13-43-31(40)36-19-25(16-24(36)17-33-27-11-8-9-12-32-27)44-20-28(37)34-18-26(30(38)39)35-45(41,42)29-22(3)14-21(2)15-23(29)4/h8-9,11-12,14-15,24-26,35H,5-7,10,13,16-20H2,1-4H3,(H,32,33)(H,34,37)(H,38,39)/t24-,25+,26-/m0/s1. The van der Waals surface area contributed by atoms with Crippen LogP contribution in [-0.2, 0) is 29.1 Å². The van der Waals surface area contributed by atoms with Crippen LogP contribution in [0.1, 0.15) is 55.7 Å². The SMILES string of the molecule is CCCCCCOC(=O)N1C[C@H](OCC(=O)NC[C@H](NS(=O)(=O)c2c(C)cc(C)cc2C)C(=O)O)C[C@H]1CNc1ccccn1. The maximum Gasteiger partial charge on any atom is 0.410 e. The van der Waals surface area contributed by atoms with Crippen LogP contribution in [0.2, 0.25) is 0 Å². The number of nitrogens with one attached hydrogen (secondary N) is 3. The van der Waals surface area contributed by atoms with Crippen molar-refractivity contribution in [3.05, 3.63) is 53.2 Å². The Hall–Kier alpha value is -3.75. The lowest BCUT2D eigenvalue weighted by atomic mass is 10.1. The first-order valence-corrected chi connectivity index (χ1v) is 16.7. The van der Waals surface area contributed by atoms with E-state index in [9.17, 15) is 27.9 Å². The van der Waals surface area contributed by atoms with Crippen LogP contribution in [0.3, 0.4) is 0 Å². The summed E-state index contributed by atoms with van der Waals surface area (Å²) in [6, 6.07) is 6.99. The number of carboxylic acids is 1. The molecule has 1 aromatic carbocycles. The van der Waals surface area contributed by atoms with Gasteiger partial charge in [0.15, 0.2) is 0 Å². The minimum atomic E-state index is -4.19. The maximum absolute atomic E-state index is 13.1. The van der Waals surface area contributed by atoms with Gasteiger partial charge >= 0.3 is 12.1 Å². The van der Waals surface area contributed by atoms with Gasteiger partial charge in [-0.3, -0.25) is 9.59 Å². The lowest BCUT2D eigenvalue weighted by Crippen LogP contribution is -2.49. The van der Waals surface area contributed by atoms with E-state index in [0.29, 0.717) is 36.5 Å². The van der Waals surface area contributed by atoms with Gasteiger partial charge in [-0.1, -0.05) is 49.9 Å². The van der Waals surface area contributed by atoms with Crippen LogP contribution >= 0.6 is 0 Å². The minimum absolute atomic E-state index is 0.00590. The summed E-state index contributed by atoms with van der Waals surface area (Å²) in [5.74, 6) is -1.40. The van der Waals surface area contributed by atoms with Gasteiger partial charge in [-0.25, -0.2) is 18.2 Å². The number of aryl methyl sites for hydroxylation is 3. The summed E-state index contributed by atoms with van der Waals surface area (Å²) in [4.78, 5) is 43.2. The van der Waals surface area contributed by atoms with Crippen molar-refractivity contribution in [2.75, 3.05) is 38.2 Å². The van der Waals surface area contributed by atoms with Gasteiger partial charge in [0.05, 0.1) is 30.2 Å². The molecule has 13 nitrogen and oxygen atoms in total. The minimum Gasteiger partial charge on any atom is -0.480 e. The van der Waals surface area contributed by atoms with E-state index in [1.54, 1.807) is 43.1 Å². The summed E-state index contributed by atoms with van der Waals surface area (Å²) in [6.45, 7) is 7.26. The van der Waals surface area contributed by atoms with Crippen LogP contribution in [0.5, 0.6) is 0 Å². The Morgan fingerprint density at radius 2 is 1.84 bits per heavy atom. The average molecular weight is 648 g/mol. The highest BCUT2D eigenvalue weighted by Crippen LogP contribution is 2.23. The van der Waals surface area contributed by atoms with Gasteiger partial charge in [-0.15, -0.1) is 0 Å². The van der Waals surface area contributed by atoms with Crippen molar-refractivity contribution in [1.82, 2.24) is 19.9 Å². The lowest BCUT2D eigenvalue weighted by molar-refractivity contribution is -0.139. The summed E-state index contributed by atoms with van der Waals surface area (Å²) in [5.41, 5.74) is 1.86. The second kappa shape index (κ2) is 17.1. The molecule has 248 valence electrons. The van der Waals surface area contributed by atoms with E-state index in [4.69, 9.17) is 9.47 Å². The van der Waals surface area contributed by atoms with Crippen LogP contribution in [0.25, 0.3) is 0 Å². The number of carboxylic acid groups (broad SMARTS) is 1. The molecule has 2 heterocycles. The Morgan fingerprint density at radius 1 is 1.11 bits per heavy atom. The van der Waals surface area contributed by atoms with E-state index in [0.717, 1.165) is 31.2 Å². The normalized spacial score (nSPS) is 17.1. The second-order valence-electron chi connectivity index (χ2n) is 11.3. The van der Waals surface area contributed by atoms with Gasteiger partial charge in [0.1, 0.15) is 18.5 Å². The van der Waals surface area contributed by atoms with Gasteiger partial charge in [-0.05, 0) is 56.9 Å². The van der Waals surface area contributed by atoms with Gasteiger partial charge in [0.2, 0.25) is 15.9 Å². The number of hydrogen-bond donors (Lipinski definition) is 4. The number of hydrogen-bond acceptors (Lipinski definition) is 9. The van der Waals surface area contributed by atoms with Crippen LogP contribution < -0.4 is 15.4 Å². The number of carbonyl (C=O) groups is 3. The first-order chi connectivity index (χ1) is 21.4. The number of nitrogens with zero attached hydrogens (tertiary/aromatic N) is 2. The first-order valence-electron chi connectivity index (χ1n) is 15.2. The molecule has 45 heavy (non-hydrogen) atoms. The molecule has 1 fully saturated rings. The van der Waals surface area contributed by atoms with Crippen molar-refractivity contribution in [2.24, 2.45) is 0 Å². The number of amides is 2. The van der Waals surface area contributed by atoms with Crippen molar-refractivity contribution in [2.45, 2.75) is 82.9 Å². The molecule has 2 amide bonds. The average Bonchev–Trinajstić information content (AvgIpc) is 3.40. The smallest absolute Gasteiger partial charge is 0.410 e. The second-order valence-corrected chi connectivity index (χ2v) is 12.9. The van der Waals surface area contributed by atoms with Crippen molar-refractivity contribution < 1.29 is 37.4 Å². The fraction of sp³-hybridized carbons (Fsp3) is 0.548. The molecular formula is C31H45N5O8S. The van der Waals surface area contributed by atoms with Crippen molar-refractivity contribution in [1.29, 1.82) is 0 Å². The van der Waals surface area contributed by atoms with Crippen molar-refractivity contribution >= 4 is 33.8 Å². The number of rotatable bonds is 17. The van der Waals surface area contributed by atoms with E-state index < -0.39 is 53.3 Å². The van der Waals surface area contributed by atoms with Crippen LogP contribution in [0, 0.1) is 20.8 Å². The molecule has 2 aromatic rings. The summed E-state index contributed by atoms with van der Waals surface area (Å²) < 4.78 is 39.6. The zero-order valence-electron chi connectivity index (χ0n) is 26.4. The molecule has 3 atom stereocenters. The highest BCUT2D eigenvalue weighted by atomic mass is 32.2. The van der Waals surface area contributed by atoms with Gasteiger partial charge in [0, 0.05) is 19.3 Å². The lowest BCUT2D eigenvalue weighted by Gasteiger charge is -2.24. The zero-order valence-corrected chi connectivity index (χ0v) is 27.2. The van der Waals surface area contributed by atoms with Crippen molar-refractivity contribution in [3.63, 3.8) is 0 Å². The number of benzene rings is 1. The molecule has 0 aliphatic carbocycles. The number of likely N-dealkylation sites (tertiary alicyclic amines) is 1. The molecule has 0 radical (unpaired) electrons. The van der Waals surface area contributed by atoms with Crippen LogP contribution in [0.4, 0.5) is 10.6 Å². The molecule has 0 saturated carbocycles. The first kappa shape index (κ1) is 35.7. The molecule has 0 unspecified atom stereocenters. The Labute approximate surface area is 265 Å². The highest BCUT2D eigenvalue weighted by molar-refractivity contribution is 7.89. The maximum atomic E-state index is 13.1. The molecule has 0 spiro atoms. The Kier molecular flexibility index (Phi) is 13.6. The third-order valence-corrected chi connectivity index (χ3v) is 9.22. The van der Waals surface area contributed by atoms with Crippen LogP contribution in [0.15, 0.2) is 41.4 Å². The van der Waals surface area contributed by atoms with Gasteiger partial charge < -0.3 is 30.1 Å². The van der Waals surface area contributed by atoms with Gasteiger partial charge in [-0.2, -0.15) is 4.72 Å². The summed E-state index contributed by atoms with van der Waals surface area (Å²) >= 11 is 0. The molecule has 0 bridgehead atoms. The van der Waals surface area contributed by atoms with E-state index in [1.807, 2.05) is 19.1 Å². The summed E-state index contributed by atoms with van der Waals surface area (Å²) in [5, 5.41) is 15.3. The molecule has 4 N–H and O–H groups in total. The third kappa shape index (κ3) is 11.0. The van der Waals surface area contributed by atoms with E-state index >= 15 is 0 Å². The number of anilines is 1. The molecule has 1 saturated heterocycles. The molecule has 1 aliphatic heterocycles. The van der Waals surface area contributed by atoms with Gasteiger partial charge in [0.25, 0.3) is 0 Å². The van der Waals surface area contributed by atoms with E-state index in [2.05, 4.69) is 27.3 Å². The zero-order chi connectivity index (χ0) is 33.0. The Balaban J connectivity index is 1.55. The number of aliphatic carboxylic acids is 1. The predicted molar refractivity (Wildman–Crippen MR) is 168 cm³/mol. The monoisotopic (exact) mass is 647 g/mol. The molecular weight excluding hydrogens is 602 g/mol. The Bertz CT molecular complexity index is 1380. The number of sulfonamides is 1. The fourth-order valence-electron chi connectivity index (χ4n) is 5.35. The highest BCUT2D eigenvalue weighted by Gasteiger charge is 2.37. The third-order valence-electron chi connectivity index (χ3n) is 7.44. The number of carbonyl (C=O) groups excluding carboxylic acids is 2. The fourth-order valence-corrected chi connectivity index (χ4v) is 6.99. The number of ether oxygens (including phenoxy) is 2. The summed E-state index contributed by atoms with van der Waals surface area (Å²) in [6.07, 6.45) is 5.08. The quantitative estimate of drug-likeness (QED) is 0.187. The molecule has 3 rings (SSSR count). The summed E-state index contributed by atoms with van der Waals surface area (Å²) in [7, 11) is -4.19. The van der Waals surface area contributed by atoms with Crippen molar-refractivity contribution in [3.8, 4) is 0 Å². The topological polar surface area (TPSA) is 176 Å². The predicted octanol–water partition coefficient (Wildman–Crippen LogP) is 3.14. The van der Waals surface area contributed by atoms with E-state index in [1.165, 1.54) is 0 Å².